The number of carbonyl (C=O) groups excluding carboxylic acids is 6. The van der Waals surface area contributed by atoms with Gasteiger partial charge in [-0.25, -0.2) is 0 Å². The van der Waals surface area contributed by atoms with E-state index < -0.39 is 36.8 Å². The van der Waals surface area contributed by atoms with Crippen LogP contribution in [0, 0.1) is 0 Å². The highest BCUT2D eigenvalue weighted by Gasteiger charge is 2.36. The number of hydrogen-bond donors (Lipinski definition) is 1. The Labute approximate surface area is 163 Å². The van der Waals surface area contributed by atoms with Crippen molar-refractivity contribution in [1.29, 1.82) is 0 Å². The van der Waals surface area contributed by atoms with Gasteiger partial charge in [0.25, 0.3) is 23.0 Å². The van der Waals surface area contributed by atoms with Gasteiger partial charge in [-0.05, 0) is 12.1 Å². The van der Waals surface area contributed by atoms with Crippen LogP contribution in [-0.4, -0.2) is 76.6 Å². The fraction of sp³-hybridized carbons (Fsp3) is 0.294. The molecular weight excluding hydrogens is 390 g/mol. The fourth-order valence-electron chi connectivity index (χ4n) is 2.66. The monoisotopic (exact) mass is 405 g/mol. The maximum Gasteiger partial charge on any atom is 0.326 e. The van der Waals surface area contributed by atoms with E-state index in [4.69, 9.17) is 4.74 Å². The van der Waals surface area contributed by atoms with Crippen LogP contribution in [-0.2, 0) is 19.1 Å². The quantitative estimate of drug-likeness (QED) is 0.481. The minimum Gasteiger partial charge on any atom is -0.454 e. The number of amides is 5. The molecule has 0 aromatic heterocycles. The first kappa shape index (κ1) is 19.5. The van der Waals surface area contributed by atoms with E-state index in [0.29, 0.717) is 0 Å². The Kier molecular flexibility index (Phi) is 5.73. The molecule has 146 valence electrons. The number of benzene rings is 1. The first-order valence-electron chi connectivity index (χ1n) is 8.23. The van der Waals surface area contributed by atoms with Gasteiger partial charge in [-0.15, -0.1) is 0 Å². The molecule has 1 aromatic carbocycles. The van der Waals surface area contributed by atoms with Crippen LogP contribution in [0.1, 0.15) is 20.7 Å². The smallest absolute Gasteiger partial charge is 0.326 e. The number of rotatable bonds is 7. The average molecular weight is 405 g/mol. The van der Waals surface area contributed by atoms with E-state index >= 15 is 0 Å². The van der Waals surface area contributed by atoms with Gasteiger partial charge in [0, 0.05) is 13.1 Å². The maximum absolute atomic E-state index is 12.2. The molecule has 11 heteroatoms. The number of imide groups is 2. The lowest BCUT2D eigenvalue weighted by molar-refractivity contribution is -0.148. The van der Waals surface area contributed by atoms with Crippen LogP contribution in [0.3, 0.4) is 0 Å². The zero-order chi connectivity index (χ0) is 20.3. The van der Waals surface area contributed by atoms with Gasteiger partial charge in [0.1, 0.15) is 6.54 Å². The summed E-state index contributed by atoms with van der Waals surface area (Å²) in [5, 5.41) is 2.04. The van der Waals surface area contributed by atoms with Crippen molar-refractivity contribution in [2.75, 3.05) is 32.0 Å². The lowest BCUT2D eigenvalue weighted by atomic mass is 10.1. The molecule has 1 fully saturated rings. The highest BCUT2D eigenvalue weighted by molar-refractivity contribution is 8.14. The van der Waals surface area contributed by atoms with Crippen LogP contribution < -0.4 is 5.32 Å². The molecule has 2 aliphatic heterocycles. The topological polar surface area (TPSA) is 130 Å². The molecule has 10 nitrogen and oxygen atoms in total. The molecular formula is C17H15N3O7S. The molecule has 1 saturated heterocycles. The van der Waals surface area contributed by atoms with E-state index in [1.54, 1.807) is 12.1 Å². The third-order valence-electron chi connectivity index (χ3n) is 4.03. The van der Waals surface area contributed by atoms with Gasteiger partial charge >= 0.3 is 5.97 Å². The molecule has 0 aliphatic carbocycles. The van der Waals surface area contributed by atoms with Crippen LogP contribution in [0.25, 0.3) is 0 Å². The summed E-state index contributed by atoms with van der Waals surface area (Å²) < 4.78 is 4.78. The summed E-state index contributed by atoms with van der Waals surface area (Å²) in [6.45, 7) is -1.17. The minimum absolute atomic E-state index is 0.0207. The van der Waals surface area contributed by atoms with Crippen LogP contribution >= 0.6 is 11.8 Å². The van der Waals surface area contributed by atoms with E-state index in [1.165, 1.54) is 12.1 Å². The highest BCUT2D eigenvalue weighted by atomic mass is 32.2. The van der Waals surface area contributed by atoms with Crippen molar-refractivity contribution in [3.8, 4) is 0 Å². The number of esters is 1. The van der Waals surface area contributed by atoms with Crippen molar-refractivity contribution in [1.82, 2.24) is 15.1 Å². The molecule has 0 saturated carbocycles. The molecule has 5 amide bonds. The SMILES string of the molecule is O=C(COC(=O)CN1C(=O)c2ccccc2C1=O)NCCN1C(=O)CSC1=O. The standard InChI is InChI=1S/C17H15N3O7S/c21-12(18-5-6-19-13(22)9-28-17(19)26)8-27-14(23)7-20-15(24)10-3-1-2-4-11(10)16(20)25/h1-4H,5-9H2,(H,18,21). The summed E-state index contributed by atoms with van der Waals surface area (Å²) in [5.74, 6) is -2.98. The van der Waals surface area contributed by atoms with Crippen molar-refractivity contribution < 1.29 is 33.5 Å². The second-order valence-corrected chi connectivity index (χ2v) is 6.78. The lowest BCUT2D eigenvalue weighted by Crippen LogP contribution is -2.40. The summed E-state index contributed by atoms with van der Waals surface area (Å²) >= 11 is 0.893. The van der Waals surface area contributed by atoms with Gasteiger partial charge in [-0.3, -0.25) is 38.6 Å². The predicted molar refractivity (Wildman–Crippen MR) is 95.3 cm³/mol. The van der Waals surface area contributed by atoms with Crippen molar-refractivity contribution >= 4 is 46.6 Å². The summed E-state index contributed by atoms with van der Waals surface area (Å²) in [4.78, 5) is 72.5. The van der Waals surface area contributed by atoms with E-state index in [2.05, 4.69) is 5.32 Å². The molecule has 0 bridgehead atoms. The Morgan fingerprint density at radius 1 is 1.04 bits per heavy atom. The Hall–Kier alpha value is -3.21. The average Bonchev–Trinajstić information content (AvgIpc) is 3.12. The van der Waals surface area contributed by atoms with Crippen LogP contribution in [0.2, 0.25) is 0 Å². The van der Waals surface area contributed by atoms with E-state index in [-0.39, 0.29) is 41.1 Å². The first-order chi connectivity index (χ1) is 13.4. The van der Waals surface area contributed by atoms with Crippen LogP contribution in [0.15, 0.2) is 24.3 Å². The normalized spacial score (nSPS) is 15.9. The molecule has 1 aromatic rings. The Morgan fingerprint density at radius 3 is 2.25 bits per heavy atom. The lowest BCUT2D eigenvalue weighted by Gasteiger charge is -2.14. The van der Waals surface area contributed by atoms with Gasteiger partial charge in [0.15, 0.2) is 6.61 Å². The fourth-order valence-corrected chi connectivity index (χ4v) is 3.41. The third kappa shape index (κ3) is 4.03. The molecule has 28 heavy (non-hydrogen) atoms. The number of fused-ring (bicyclic) bond motifs is 1. The number of ether oxygens (including phenoxy) is 1. The zero-order valence-corrected chi connectivity index (χ0v) is 15.3. The van der Waals surface area contributed by atoms with Crippen LogP contribution in [0.4, 0.5) is 4.79 Å². The second kappa shape index (κ2) is 8.21. The Balaban J connectivity index is 1.40. The number of thioether (sulfide) groups is 1. The van der Waals surface area contributed by atoms with E-state index in [0.717, 1.165) is 21.6 Å². The molecule has 3 rings (SSSR count). The number of nitrogens with one attached hydrogen (secondary N) is 1. The largest absolute Gasteiger partial charge is 0.454 e. The third-order valence-corrected chi connectivity index (χ3v) is 4.89. The van der Waals surface area contributed by atoms with Gasteiger partial charge in [-0.2, -0.15) is 0 Å². The summed E-state index contributed by atoms with van der Waals surface area (Å²) in [6.07, 6.45) is 0. The van der Waals surface area contributed by atoms with Gasteiger partial charge < -0.3 is 10.1 Å². The van der Waals surface area contributed by atoms with Gasteiger partial charge in [0.2, 0.25) is 5.91 Å². The van der Waals surface area contributed by atoms with Crippen LogP contribution in [0.5, 0.6) is 0 Å². The van der Waals surface area contributed by atoms with E-state index in [1.807, 2.05) is 0 Å². The minimum atomic E-state index is -0.911. The van der Waals surface area contributed by atoms with E-state index in [9.17, 15) is 28.8 Å². The predicted octanol–water partition coefficient (Wildman–Crippen LogP) is -0.363. The first-order valence-corrected chi connectivity index (χ1v) is 9.21. The molecule has 0 unspecified atom stereocenters. The molecule has 0 atom stereocenters. The van der Waals surface area contributed by atoms with Crippen molar-refractivity contribution in [2.24, 2.45) is 0 Å². The van der Waals surface area contributed by atoms with Crippen molar-refractivity contribution in [3.05, 3.63) is 35.4 Å². The van der Waals surface area contributed by atoms with Gasteiger partial charge in [-0.1, -0.05) is 23.9 Å². The Bertz CT molecular complexity index is 834. The second-order valence-electron chi connectivity index (χ2n) is 5.85. The summed E-state index contributed by atoms with van der Waals surface area (Å²) in [5.41, 5.74) is 0.421. The number of hydrogen-bond acceptors (Lipinski definition) is 8. The highest BCUT2D eigenvalue weighted by Crippen LogP contribution is 2.22. The molecule has 0 spiro atoms. The zero-order valence-electron chi connectivity index (χ0n) is 14.5. The van der Waals surface area contributed by atoms with Gasteiger partial charge in [0.05, 0.1) is 16.9 Å². The van der Waals surface area contributed by atoms with Crippen molar-refractivity contribution in [3.63, 3.8) is 0 Å². The summed E-state index contributed by atoms with van der Waals surface area (Å²) in [7, 11) is 0. The number of nitrogens with zero attached hydrogens (tertiary/aromatic N) is 2. The van der Waals surface area contributed by atoms with Crippen molar-refractivity contribution in [2.45, 2.75) is 0 Å². The molecule has 1 N–H and O–H groups in total. The Morgan fingerprint density at radius 2 is 1.68 bits per heavy atom. The number of carbonyl (C=O) groups is 6. The molecule has 2 heterocycles. The maximum atomic E-state index is 12.2. The molecule has 0 radical (unpaired) electrons. The summed E-state index contributed by atoms with van der Waals surface area (Å²) in [6, 6.07) is 6.20. The molecule has 2 aliphatic rings.